The zero-order valence-corrected chi connectivity index (χ0v) is 13.1. The minimum Gasteiger partial charge on any atom is -0.363 e. The van der Waals surface area contributed by atoms with Gasteiger partial charge in [0, 0.05) is 0 Å². The Morgan fingerprint density at radius 3 is 2.52 bits per heavy atom. The first-order valence-electron chi connectivity index (χ1n) is 8.41. The number of carbonyl (C=O) groups is 2. The van der Waals surface area contributed by atoms with E-state index in [4.69, 9.17) is 4.74 Å². The number of nitrogens with zero attached hydrogens (tertiary/aromatic N) is 1. The van der Waals surface area contributed by atoms with Crippen LogP contribution in [0.2, 0.25) is 0 Å². The van der Waals surface area contributed by atoms with Gasteiger partial charge in [-0.3, -0.25) is 14.5 Å². The molecule has 0 unspecified atom stereocenters. The van der Waals surface area contributed by atoms with Crippen molar-refractivity contribution in [3.63, 3.8) is 0 Å². The van der Waals surface area contributed by atoms with Crippen LogP contribution in [-0.2, 0) is 14.3 Å². The van der Waals surface area contributed by atoms with Gasteiger partial charge in [0.25, 0.3) is 0 Å². The van der Waals surface area contributed by atoms with Gasteiger partial charge in [0.15, 0.2) is 0 Å². The van der Waals surface area contributed by atoms with Crippen LogP contribution in [0.25, 0.3) is 0 Å². The van der Waals surface area contributed by atoms with Crippen molar-refractivity contribution in [1.82, 2.24) is 0 Å². The van der Waals surface area contributed by atoms with Crippen molar-refractivity contribution >= 4 is 17.5 Å². The molecule has 5 rings (SSSR count). The maximum Gasteiger partial charge on any atom is 0.238 e. The van der Waals surface area contributed by atoms with Crippen LogP contribution >= 0.6 is 0 Å². The number of benzene rings is 1. The Labute approximate surface area is 135 Å². The summed E-state index contributed by atoms with van der Waals surface area (Å²) < 4.78 is 6.14. The van der Waals surface area contributed by atoms with Gasteiger partial charge >= 0.3 is 0 Å². The minimum absolute atomic E-state index is 0.0364. The average Bonchev–Trinajstić information content (AvgIpc) is 3.16. The Morgan fingerprint density at radius 1 is 1.09 bits per heavy atom. The summed E-state index contributed by atoms with van der Waals surface area (Å²) in [4.78, 5) is 27.2. The third kappa shape index (κ3) is 1.65. The van der Waals surface area contributed by atoms with Crippen molar-refractivity contribution in [3.05, 3.63) is 41.5 Å². The van der Waals surface area contributed by atoms with Gasteiger partial charge in [-0.2, -0.15) is 0 Å². The lowest BCUT2D eigenvalue weighted by Gasteiger charge is -2.32. The van der Waals surface area contributed by atoms with Crippen LogP contribution in [0, 0.1) is 11.8 Å². The molecule has 4 heteroatoms. The lowest BCUT2D eigenvalue weighted by Crippen LogP contribution is -2.32. The Morgan fingerprint density at radius 2 is 1.78 bits per heavy atom. The second-order valence-electron chi connectivity index (χ2n) is 7.35. The molecule has 0 saturated carbocycles. The quantitative estimate of drug-likeness (QED) is 0.592. The van der Waals surface area contributed by atoms with Crippen molar-refractivity contribution in [2.45, 2.75) is 44.3 Å². The fraction of sp³-hybridized carbons (Fsp3) is 0.474. The van der Waals surface area contributed by atoms with Crippen molar-refractivity contribution in [2.24, 2.45) is 11.8 Å². The number of hydrogen-bond donors (Lipinski definition) is 0. The van der Waals surface area contributed by atoms with Crippen molar-refractivity contribution in [3.8, 4) is 0 Å². The molecule has 2 fully saturated rings. The SMILES string of the molecule is C[C@]12CC[C@H](O1)C1=C2C[C@H]2C(=O)N(c3ccccc3)C(=O)[C@H]2C1. The van der Waals surface area contributed by atoms with Gasteiger partial charge in [-0.25, -0.2) is 0 Å². The zero-order chi connectivity index (χ0) is 15.8. The number of amides is 2. The normalized spacial score (nSPS) is 38.3. The van der Waals surface area contributed by atoms with Crippen LogP contribution in [0.15, 0.2) is 41.5 Å². The number of rotatable bonds is 1. The fourth-order valence-corrected chi connectivity index (χ4v) is 4.97. The Balaban J connectivity index is 1.52. The summed E-state index contributed by atoms with van der Waals surface area (Å²) in [5.74, 6) is -0.482. The Hall–Kier alpha value is -1.94. The van der Waals surface area contributed by atoms with Gasteiger partial charge in [0.1, 0.15) is 0 Å². The molecule has 0 aromatic heterocycles. The number of imide groups is 1. The summed E-state index contributed by atoms with van der Waals surface area (Å²) in [5.41, 5.74) is 3.14. The van der Waals surface area contributed by atoms with Gasteiger partial charge in [-0.15, -0.1) is 0 Å². The standard InChI is InChI=1S/C19H19NO3/c1-19-8-7-16(23-19)14-9-12-13(10-15(14)19)18(22)20(17(12)21)11-5-3-2-4-6-11/h2-6,12-13,16H,7-10H2,1H3/t12-,13+,16-,19+/m0/s1. The maximum absolute atomic E-state index is 12.9. The summed E-state index contributed by atoms with van der Waals surface area (Å²) in [7, 11) is 0. The molecule has 0 radical (unpaired) electrons. The number of anilines is 1. The van der Waals surface area contributed by atoms with E-state index in [1.807, 2.05) is 30.3 Å². The lowest BCUT2D eigenvalue weighted by molar-refractivity contribution is -0.122. The molecule has 2 amide bonds. The molecule has 0 N–H and O–H groups in total. The highest BCUT2D eigenvalue weighted by Gasteiger charge is 2.58. The van der Waals surface area contributed by atoms with Crippen LogP contribution in [0.5, 0.6) is 0 Å². The third-order valence-corrected chi connectivity index (χ3v) is 6.14. The highest BCUT2D eigenvalue weighted by atomic mass is 16.5. The molecule has 2 saturated heterocycles. The van der Waals surface area contributed by atoms with E-state index < -0.39 is 0 Å². The first kappa shape index (κ1) is 13.5. The Kier molecular flexibility index (Phi) is 2.54. The number of hydrogen-bond acceptors (Lipinski definition) is 3. The number of ether oxygens (including phenoxy) is 1. The molecule has 4 aliphatic rings. The second kappa shape index (κ2) is 4.32. The number of para-hydroxylation sites is 1. The summed E-state index contributed by atoms with van der Waals surface area (Å²) >= 11 is 0. The van der Waals surface area contributed by atoms with E-state index in [1.54, 1.807) is 0 Å². The molecule has 23 heavy (non-hydrogen) atoms. The van der Waals surface area contributed by atoms with E-state index in [1.165, 1.54) is 16.0 Å². The lowest BCUT2D eigenvalue weighted by atomic mass is 9.69. The average molecular weight is 309 g/mol. The van der Waals surface area contributed by atoms with E-state index >= 15 is 0 Å². The highest BCUT2D eigenvalue weighted by Crippen LogP contribution is 2.56. The molecule has 1 aromatic rings. The van der Waals surface area contributed by atoms with Gasteiger partial charge < -0.3 is 4.74 Å². The smallest absolute Gasteiger partial charge is 0.238 e. The molecule has 4 atom stereocenters. The Bertz CT molecular complexity index is 753. The van der Waals surface area contributed by atoms with Crippen LogP contribution < -0.4 is 4.90 Å². The van der Waals surface area contributed by atoms with Crippen molar-refractivity contribution < 1.29 is 14.3 Å². The molecule has 3 heterocycles. The predicted molar refractivity (Wildman–Crippen MR) is 84.7 cm³/mol. The molecule has 1 aromatic carbocycles. The van der Waals surface area contributed by atoms with Crippen LogP contribution in [-0.4, -0.2) is 23.5 Å². The first-order chi connectivity index (χ1) is 11.1. The van der Waals surface area contributed by atoms with Crippen LogP contribution in [0.4, 0.5) is 5.69 Å². The highest BCUT2D eigenvalue weighted by molar-refractivity contribution is 6.22. The van der Waals surface area contributed by atoms with Crippen LogP contribution in [0.1, 0.15) is 32.6 Å². The van der Waals surface area contributed by atoms with Gasteiger partial charge in [0.05, 0.1) is 29.2 Å². The van der Waals surface area contributed by atoms with Crippen LogP contribution in [0.3, 0.4) is 0 Å². The molecule has 3 aliphatic heterocycles. The number of carbonyl (C=O) groups excluding carboxylic acids is 2. The largest absolute Gasteiger partial charge is 0.363 e. The topological polar surface area (TPSA) is 46.6 Å². The zero-order valence-electron chi connectivity index (χ0n) is 13.1. The summed E-state index contributed by atoms with van der Waals surface area (Å²) in [6.07, 6.45) is 3.68. The van der Waals surface area contributed by atoms with Gasteiger partial charge in [-0.05, 0) is 55.9 Å². The molecule has 0 spiro atoms. The third-order valence-electron chi connectivity index (χ3n) is 6.14. The summed E-state index contributed by atoms with van der Waals surface area (Å²) in [6.45, 7) is 2.14. The monoisotopic (exact) mass is 309 g/mol. The van der Waals surface area contributed by atoms with E-state index in [9.17, 15) is 9.59 Å². The molecular weight excluding hydrogens is 290 g/mol. The fourth-order valence-electron chi connectivity index (χ4n) is 4.97. The molecule has 2 bridgehead atoms. The first-order valence-corrected chi connectivity index (χ1v) is 8.41. The van der Waals surface area contributed by atoms with E-state index in [0.29, 0.717) is 18.5 Å². The number of fused-ring (bicyclic) bond motifs is 5. The molecule has 118 valence electrons. The predicted octanol–water partition coefficient (Wildman–Crippen LogP) is 2.83. The van der Waals surface area contributed by atoms with E-state index in [2.05, 4.69) is 6.92 Å². The van der Waals surface area contributed by atoms with E-state index in [0.717, 1.165) is 12.8 Å². The van der Waals surface area contributed by atoms with Crippen molar-refractivity contribution in [2.75, 3.05) is 4.90 Å². The summed E-state index contributed by atoms with van der Waals surface area (Å²) in [5, 5.41) is 0. The van der Waals surface area contributed by atoms with E-state index in [-0.39, 0.29) is 35.4 Å². The van der Waals surface area contributed by atoms with Gasteiger partial charge in [-0.1, -0.05) is 18.2 Å². The summed E-state index contributed by atoms with van der Waals surface area (Å²) in [6, 6.07) is 9.30. The van der Waals surface area contributed by atoms with Gasteiger partial charge in [0.2, 0.25) is 11.8 Å². The second-order valence-corrected chi connectivity index (χ2v) is 7.35. The molecule has 1 aliphatic carbocycles. The molecular formula is C19H19NO3. The maximum atomic E-state index is 12.9. The minimum atomic E-state index is -0.207. The molecule has 4 nitrogen and oxygen atoms in total. The van der Waals surface area contributed by atoms with Crippen molar-refractivity contribution in [1.29, 1.82) is 0 Å².